The van der Waals surface area contributed by atoms with Crippen molar-refractivity contribution in [3.63, 3.8) is 0 Å². The van der Waals surface area contributed by atoms with Crippen LogP contribution in [0.5, 0.6) is 0 Å². The van der Waals surface area contributed by atoms with Crippen LogP contribution in [0.2, 0.25) is 0 Å². The molecule has 0 saturated heterocycles. The van der Waals surface area contributed by atoms with E-state index in [2.05, 4.69) is 0 Å². The third kappa shape index (κ3) is 3.53. The Morgan fingerprint density at radius 2 is 2.16 bits per heavy atom. The lowest BCUT2D eigenvalue weighted by molar-refractivity contribution is -0.140. The van der Waals surface area contributed by atoms with Crippen LogP contribution < -0.4 is 5.73 Å². The summed E-state index contributed by atoms with van der Waals surface area (Å²) in [5.41, 5.74) is 5.01. The Morgan fingerprint density at radius 1 is 1.58 bits per heavy atom. The zero-order valence-electron chi connectivity index (χ0n) is 10.9. The van der Waals surface area contributed by atoms with E-state index in [1.54, 1.807) is 19.9 Å². The first-order chi connectivity index (χ1) is 8.63. The predicted molar refractivity (Wildman–Crippen MR) is 72.3 cm³/mol. The molecular formula is C11H17NO5S2. The molecule has 1 aromatic heterocycles. The molecule has 0 aliphatic carbocycles. The number of ether oxygens (including phenoxy) is 1. The Morgan fingerprint density at radius 3 is 2.58 bits per heavy atom. The van der Waals surface area contributed by atoms with Crippen molar-refractivity contribution < 1.29 is 22.5 Å². The monoisotopic (exact) mass is 307 g/mol. The fraction of sp³-hybridized carbons (Fsp3) is 0.545. The second kappa shape index (κ2) is 5.58. The normalized spacial score (nSPS) is 14.2. The molecule has 0 fully saturated rings. The molecule has 1 atom stereocenters. The van der Waals surface area contributed by atoms with Crippen LogP contribution in [0.1, 0.15) is 41.5 Å². The molecule has 0 aromatic carbocycles. The van der Waals surface area contributed by atoms with E-state index in [0.717, 1.165) is 4.88 Å². The van der Waals surface area contributed by atoms with Crippen LogP contribution in [0.15, 0.2) is 6.07 Å². The predicted octanol–water partition coefficient (Wildman–Crippen LogP) is 1.56. The second-order valence-corrected chi connectivity index (χ2v) is 7.18. The minimum absolute atomic E-state index is 0.340. The largest absolute Gasteiger partial charge is 0.456 e. The van der Waals surface area contributed by atoms with Crippen molar-refractivity contribution in [1.29, 1.82) is 0 Å². The first kappa shape index (κ1) is 16.1. The van der Waals surface area contributed by atoms with E-state index in [1.807, 2.05) is 6.92 Å². The maximum absolute atomic E-state index is 11.1. The van der Waals surface area contributed by atoms with Crippen molar-refractivity contribution in [1.82, 2.24) is 0 Å². The molecule has 19 heavy (non-hydrogen) atoms. The number of carbonyl (C=O) groups is 1. The highest BCUT2D eigenvalue weighted by molar-refractivity contribution is 7.86. The maximum Gasteiger partial charge on any atom is 0.293 e. The summed E-state index contributed by atoms with van der Waals surface area (Å²) in [4.78, 5) is 11.9. The van der Waals surface area contributed by atoms with Crippen molar-refractivity contribution >= 4 is 27.9 Å². The third-order valence-corrected chi connectivity index (χ3v) is 5.22. The van der Waals surface area contributed by atoms with Crippen molar-refractivity contribution in [2.24, 2.45) is 5.73 Å². The Hall–Kier alpha value is -0.960. The van der Waals surface area contributed by atoms with Gasteiger partial charge >= 0.3 is 0 Å². The molecule has 0 bridgehead atoms. The molecule has 1 unspecified atom stereocenters. The summed E-state index contributed by atoms with van der Waals surface area (Å²) < 4.78 is 36.3. The van der Waals surface area contributed by atoms with Crippen LogP contribution >= 0.6 is 11.3 Å². The molecular weight excluding hydrogens is 290 g/mol. The number of nitrogens with two attached hydrogens (primary N) is 1. The van der Waals surface area contributed by atoms with Gasteiger partial charge in [-0.2, -0.15) is 8.42 Å². The van der Waals surface area contributed by atoms with Crippen molar-refractivity contribution in [2.75, 3.05) is 0 Å². The highest BCUT2D eigenvalue weighted by atomic mass is 32.2. The highest BCUT2D eigenvalue weighted by Gasteiger charge is 2.30. The highest BCUT2D eigenvalue weighted by Crippen LogP contribution is 2.36. The minimum atomic E-state index is -4.36. The molecule has 108 valence electrons. The van der Waals surface area contributed by atoms with E-state index in [4.69, 9.17) is 15.0 Å². The molecule has 0 aliphatic heterocycles. The smallest absolute Gasteiger partial charge is 0.293 e. The first-order valence-corrected chi connectivity index (χ1v) is 7.92. The molecule has 8 heteroatoms. The Kier molecular flexibility index (Phi) is 4.72. The van der Waals surface area contributed by atoms with Crippen molar-refractivity contribution in [3.05, 3.63) is 21.4 Å². The summed E-state index contributed by atoms with van der Waals surface area (Å²) in [6.07, 6.45) is 0.570. The fourth-order valence-electron chi connectivity index (χ4n) is 1.60. The molecule has 0 saturated carbocycles. The molecule has 1 rings (SSSR count). The third-order valence-electron chi connectivity index (χ3n) is 2.73. The SMILES string of the molecule is CCc1sc(C(C)(C)OC=O)cc1C(N)S(=O)(=O)O. The lowest BCUT2D eigenvalue weighted by Crippen LogP contribution is -2.22. The van der Waals surface area contributed by atoms with Gasteiger partial charge in [-0.15, -0.1) is 11.3 Å². The van der Waals surface area contributed by atoms with E-state index >= 15 is 0 Å². The van der Waals surface area contributed by atoms with Gasteiger partial charge in [0.05, 0.1) is 0 Å². The zero-order chi connectivity index (χ0) is 14.8. The molecule has 0 amide bonds. The quantitative estimate of drug-likeness (QED) is 0.610. The van der Waals surface area contributed by atoms with Crippen LogP contribution in [-0.4, -0.2) is 19.4 Å². The van der Waals surface area contributed by atoms with Gasteiger partial charge in [-0.05, 0) is 26.3 Å². The summed E-state index contributed by atoms with van der Waals surface area (Å²) >= 11 is 1.31. The number of hydrogen-bond donors (Lipinski definition) is 2. The second-order valence-electron chi connectivity index (χ2n) is 4.50. The zero-order valence-corrected chi connectivity index (χ0v) is 12.5. The summed E-state index contributed by atoms with van der Waals surface area (Å²) in [5, 5.41) is -1.49. The Balaban J connectivity index is 3.29. The topological polar surface area (TPSA) is 107 Å². The number of thiophene rings is 1. The molecule has 6 nitrogen and oxygen atoms in total. The Labute approximate surface area is 116 Å². The number of carbonyl (C=O) groups excluding carboxylic acids is 1. The van der Waals surface area contributed by atoms with Crippen LogP contribution in [0, 0.1) is 0 Å². The van der Waals surface area contributed by atoms with Gasteiger partial charge in [-0.3, -0.25) is 9.35 Å². The summed E-state index contributed by atoms with van der Waals surface area (Å²) in [5.74, 6) is 0. The van der Waals surface area contributed by atoms with Gasteiger partial charge in [0.1, 0.15) is 5.60 Å². The molecule has 3 N–H and O–H groups in total. The molecule has 1 aromatic rings. The van der Waals surface area contributed by atoms with E-state index < -0.39 is 21.1 Å². The van der Waals surface area contributed by atoms with Gasteiger partial charge in [-0.1, -0.05) is 6.92 Å². The van der Waals surface area contributed by atoms with Gasteiger partial charge in [0, 0.05) is 15.3 Å². The Bertz CT molecular complexity index is 562. The van der Waals surface area contributed by atoms with Crippen molar-refractivity contribution in [2.45, 2.75) is 38.2 Å². The molecule has 0 spiro atoms. The average molecular weight is 307 g/mol. The summed E-state index contributed by atoms with van der Waals surface area (Å²) in [6, 6.07) is 1.56. The lowest BCUT2D eigenvalue weighted by atomic mass is 10.1. The first-order valence-electron chi connectivity index (χ1n) is 5.60. The van der Waals surface area contributed by atoms with E-state index in [0.29, 0.717) is 23.3 Å². The number of hydrogen-bond acceptors (Lipinski definition) is 6. The molecule has 0 radical (unpaired) electrons. The lowest BCUT2D eigenvalue weighted by Gasteiger charge is -2.20. The molecule has 1 heterocycles. The van der Waals surface area contributed by atoms with E-state index in [1.165, 1.54) is 11.3 Å². The van der Waals surface area contributed by atoms with Gasteiger partial charge in [-0.25, -0.2) is 0 Å². The van der Waals surface area contributed by atoms with Gasteiger partial charge < -0.3 is 10.5 Å². The van der Waals surface area contributed by atoms with E-state index in [9.17, 15) is 13.2 Å². The van der Waals surface area contributed by atoms with E-state index in [-0.39, 0.29) is 0 Å². The standard InChI is InChI=1S/C11H17NO5S2/c1-4-8-7(10(12)19(14,15)16)5-9(18-8)11(2,3)17-6-13/h5-6,10H,4,12H2,1-3H3,(H,14,15,16). The maximum atomic E-state index is 11.1. The van der Waals surface area contributed by atoms with Crippen LogP contribution in [0.3, 0.4) is 0 Å². The molecule has 0 aliphatic rings. The minimum Gasteiger partial charge on any atom is -0.456 e. The summed E-state index contributed by atoms with van der Waals surface area (Å²) in [7, 11) is -4.36. The van der Waals surface area contributed by atoms with Crippen LogP contribution in [0.4, 0.5) is 0 Å². The van der Waals surface area contributed by atoms with Gasteiger partial charge in [0.2, 0.25) is 0 Å². The van der Waals surface area contributed by atoms with Crippen LogP contribution in [-0.2, 0) is 31.7 Å². The average Bonchev–Trinajstić information content (AvgIpc) is 2.71. The fourth-order valence-corrected chi connectivity index (χ4v) is 3.39. The van der Waals surface area contributed by atoms with Crippen LogP contribution in [0.25, 0.3) is 0 Å². The van der Waals surface area contributed by atoms with Gasteiger partial charge in [0.25, 0.3) is 16.6 Å². The van der Waals surface area contributed by atoms with Gasteiger partial charge in [0.15, 0.2) is 5.37 Å². The summed E-state index contributed by atoms with van der Waals surface area (Å²) in [6.45, 7) is 5.57. The van der Waals surface area contributed by atoms with Crippen molar-refractivity contribution in [3.8, 4) is 0 Å². The number of aryl methyl sites for hydroxylation is 1. The number of rotatable bonds is 6.